The number of aliphatic hydroxyl groups excluding tert-OH is 1. The summed E-state index contributed by atoms with van der Waals surface area (Å²) in [6, 6.07) is 7.92. The largest absolute Gasteiger partial charge is 0.398 e. The van der Waals surface area contributed by atoms with Gasteiger partial charge in [0, 0.05) is 18.8 Å². The van der Waals surface area contributed by atoms with E-state index in [0.717, 1.165) is 30.9 Å². The van der Waals surface area contributed by atoms with Crippen molar-refractivity contribution in [1.82, 2.24) is 4.90 Å². The van der Waals surface area contributed by atoms with Gasteiger partial charge in [-0.2, -0.15) is 0 Å². The number of ether oxygens (including phenoxy) is 1. The van der Waals surface area contributed by atoms with E-state index in [1.165, 1.54) is 0 Å². The number of para-hydroxylation sites is 1. The molecule has 0 heterocycles. The third kappa shape index (κ3) is 5.17. The highest BCUT2D eigenvalue weighted by molar-refractivity contribution is 5.46. The van der Waals surface area contributed by atoms with Crippen LogP contribution in [0.5, 0.6) is 0 Å². The molecular formula is C13H22N2O2. The SMILES string of the molecule is CCN(CCOCCO)Cc1ccccc1N. The Bertz CT molecular complexity index is 318. The van der Waals surface area contributed by atoms with E-state index in [9.17, 15) is 0 Å². The first-order valence-electron chi connectivity index (χ1n) is 6.02. The molecule has 1 aromatic carbocycles. The molecule has 3 N–H and O–H groups in total. The molecule has 17 heavy (non-hydrogen) atoms. The number of aliphatic hydroxyl groups is 1. The number of nitrogen functional groups attached to an aromatic ring is 1. The summed E-state index contributed by atoms with van der Waals surface area (Å²) in [4.78, 5) is 2.27. The Morgan fingerprint density at radius 2 is 2.06 bits per heavy atom. The molecule has 0 saturated heterocycles. The number of benzene rings is 1. The van der Waals surface area contributed by atoms with Gasteiger partial charge in [-0.15, -0.1) is 0 Å². The van der Waals surface area contributed by atoms with Gasteiger partial charge in [-0.25, -0.2) is 0 Å². The number of rotatable bonds is 8. The Labute approximate surface area is 103 Å². The second kappa shape index (κ2) is 8.06. The van der Waals surface area contributed by atoms with E-state index in [2.05, 4.69) is 11.8 Å². The molecule has 0 saturated carbocycles. The molecule has 1 rings (SSSR count). The minimum absolute atomic E-state index is 0.0811. The molecule has 0 aromatic heterocycles. The molecule has 0 radical (unpaired) electrons. The number of hydrogen-bond donors (Lipinski definition) is 2. The molecule has 4 nitrogen and oxygen atoms in total. The van der Waals surface area contributed by atoms with Gasteiger partial charge in [0.05, 0.1) is 19.8 Å². The highest BCUT2D eigenvalue weighted by atomic mass is 16.5. The highest BCUT2D eigenvalue weighted by Crippen LogP contribution is 2.12. The second-order valence-corrected chi connectivity index (χ2v) is 3.90. The molecule has 0 fully saturated rings. The normalized spacial score (nSPS) is 11.0. The summed E-state index contributed by atoms with van der Waals surface area (Å²) >= 11 is 0. The summed E-state index contributed by atoms with van der Waals surface area (Å²) in [5.41, 5.74) is 7.89. The van der Waals surface area contributed by atoms with Gasteiger partial charge >= 0.3 is 0 Å². The lowest BCUT2D eigenvalue weighted by Crippen LogP contribution is -2.27. The summed E-state index contributed by atoms with van der Waals surface area (Å²) in [5, 5.41) is 8.61. The van der Waals surface area contributed by atoms with Crippen LogP contribution in [0.2, 0.25) is 0 Å². The van der Waals surface area contributed by atoms with Gasteiger partial charge in [0.15, 0.2) is 0 Å². The molecule has 0 aliphatic rings. The zero-order valence-corrected chi connectivity index (χ0v) is 10.4. The fraction of sp³-hybridized carbons (Fsp3) is 0.538. The monoisotopic (exact) mass is 238 g/mol. The van der Waals surface area contributed by atoms with Crippen molar-refractivity contribution in [3.05, 3.63) is 29.8 Å². The molecule has 0 bridgehead atoms. The molecule has 96 valence electrons. The number of nitrogens with two attached hydrogens (primary N) is 1. The maximum absolute atomic E-state index is 8.61. The molecule has 4 heteroatoms. The van der Waals surface area contributed by atoms with E-state index in [4.69, 9.17) is 15.6 Å². The van der Waals surface area contributed by atoms with Crippen LogP contribution in [0.3, 0.4) is 0 Å². The quantitative estimate of drug-likeness (QED) is 0.526. The lowest BCUT2D eigenvalue weighted by atomic mass is 10.1. The molecule has 0 spiro atoms. The smallest absolute Gasteiger partial charge is 0.0698 e. The molecule has 0 atom stereocenters. The third-order valence-electron chi connectivity index (χ3n) is 2.68. The van der Waals surface area contributed by atoms with Crippen molar-refractivity contribution in [1.29, 1.82) is 0 Å². The first-order chi connectivity index (χ1) is 8.27. The fourth-order valence-corrected chi connectivity index (χ4v) is 1.63. The minimum atomic E-state index is 0.0811. The van der Waals surface area contributed by atoms with Crippen molar-refractivity contribution >= 4 is 5.69 Å². The zero-order chi connectivity index (χ0) is 12.5. The van der Waals surface area contributed by atoms with Gasteiger partial charge in [0.2, 0.25) is 0 Å². The van der Waals surface area contributed by atoms with Gasteiger partial charge in [0.25, 0.3) is 0 Å². The van der Waals surface area contributed by atoms with Gasteiger partial charge in [-0.1, -0.05) is 25.1 Å². The summed E-state index contributed by atoms with van der Waals surface area (Å²) < 4.78 is 5.26. The van der Waals surface area contributed by atoms with Crippen LogP contribution in [0, 0.1) is 0 Å². The summed E-state index contributed by atoms with van der Waals surface area (Å²) in [6.45, 7) is 5.89. The van der Waals surface area contributed by atoms with Crippen LogP contribution in [0.1, 0.15) is 12.5 Å². The first kappa shape index (κ1) is 14.0. The third-order valence-corrected chi connectivity index (χ3v) is 2.68. The van der Waals surface area contributed by atoms with E-state index in [1.54, 1.807) is 0 Å². The van der Waals surface area contributed by atoms with Crippen molar-refractivity contribution in [2.75, 3.05) is 38.6 Å². The average Bonchev–Trinajstić information content (AvgIpc) is 2.35. The zero-order valence-electron chi connectivity index (χ0n) is 10.4. The van der Waals surface area contributed by atoms with Crippen molar-refractivity contribution in [3.63, 3.8) is 0 Å². The second-order valence-electron chi connectivity index (χ2n) is 3.90. The Balaban J connectivity index is 2.38. The lowest BCUT2D eigenvalue weighted by molar-refractivity contribution is 0.0732. The van der Waals surface area contributed by atoms with Crippen LogP contribution in [-0.2, 0) is 11.3 Å². The van der Waals surface area contributed by atoms with Gasteiger partial charge in [-0.05, 0) is 18.2 Å². The van der Waals surface area contributed by atoms with Gasteiger partial charge in [-0.3, -0.25) is 4.90 Å². The van der Waals surface area contributed by atoms with E-state index in [-0.39, 0.29) is 6.61 Å². The van der Waals surface area contributed by atoms with Crippen molar-refractivity contribution in [3.8, 4) is 0 Å². The van der Waals surface area contributed by atoms with E-state index in [1.807, 2.05) is 24.3 Å². The first-order valence-corrected chi connectivity index (χ1v) is 6.02. The summed E-state index contributed by atoms with van der Waals surface area (Å²) in [5.74, 6) is 0. The Morgan fingerprint density at radius 1 is 1.29 bits per heavy atom. The number of likely N-dealkylation sites (N-methyl/N-ethyl adjacent to an activating group) is 1. The topological polar surface area (TPSA) is 58.7 Å². The average molecular weight is 238 g/mol. The number of hydrogen-bond acceptors (Lipinski definition) is 4. The molecule has 0 aliphatic carbocycles. The van der Waals surface area contributed by atoms with Crippen LogP contribution >= 0.6 is 0 Å². The lowest BCUT2D eigenvalue weighted by Gasteiger charge is -2.21. The Kier molecular flexibility index (Phi) is 6.62. The fourth-order valence-electron chi connectivity index (χ4n) is 1.63. The van der Waals surface area contributed by atoms with Gasteiger partial charge in [0.1, 0.15) is 0 Å². The molecule has 0 unspecified atom stereocenters. The minimum Gasteiger partial charge on any atom is -0.398 e. The van der Waals surface area contributed by atoms with E-state index < -0.39 is 0 Å². The maximum atomic E-state index is 8.61. The molecule has 0 aliphatic heterocycles. The molecule has 0 amide bonds. The standard InChI is InChI=1S/C13H22N2O2/c1-2-15(7-9-17-10-8-16)11-12-5-3-4-6-13(12)14/h3-6,16H,2,7-11,14H2,1H3. The molecular weight excluding hydrogens is 216 g/mol. The predicted molar refractivity (Wildman–Crippen MR) is 69.7 cm³/mol. The van der Waals surface area contributed by atoms with Crippen LogP contribution in [0.4, 0.5) is 5.69 Å². The molecule has 1 aromatic rings. The Morgan fingerprint density at radius 3 is 2.71 bits per heavy atom. The van der Waals surface area contributed by atoms with Crippen LogP contribution in [-0.4, -0.2) is 42.9 Å². The summed E-state index contributed by atoms with van der Waals surface area (Å²) in [6.07, 6.45) is 0. The van der Waals surface area contributed by atoms with E-state index >= 15 is 0 Å². The van der Waals surface area contributed by atoms with E-state index in [0.29, 0.717) is 13.2 Å². The summed E-state index contributed by atoms with van der Waals surface area (Å²) in [7, 11) is 0. The van der Waals surface area contributed by atoms with Gasteiger partial charge < -0.3 is 15.6 Å². The van der Waals surface area contributed by atoms with Crippen molar-refractivity contribution in [2.45, 2.75) is 13.5 Å². The predicted octanol–water partition coefficient (Wildman–Crippen LogP) is 1.10. The maximum Gasteiger partial charge on any atom is 0.0698 e. The highest BCUT2D eigenvalue weighted by Gasteiger charge is 2.05. The Hall–Kier alpha value is -1.10. The van der Waals surface area contributed by atoms with Crippen LogP contribution in [0.25, 0.3) is 0 Å². The number of nitrogens with zero attached hydrogens (tertiary/aromatic N) is 1. The number of anilines is 1. The van der Waals surface area contributed by atoms with Crippen LogP contribution in [0.15, 0.2) is 24.3 Å². The van der Waals surface area contributed by atoms with Crippen LogP contribution < -0.4 is 5.73 Å². The van der Waals surface area contributed by atoms with Crippen molar-refractivity contribution in [2.24, 2.45) is 0 Å². The van der Waals surface area contributed by atoms with Crippen molar-refractivity contribution < 1.29 is 9.84 Å².